The fourth-order valence-electron chi connectivity index (χ4n) is 3.37. The molecular formula is C26H19Cl3N2O4S. The molecule has 1 fully saturated rings. The largest absolute Gasteiger partial charge is 0.488 e. The maximum Gasteiger partial charge on any atom is 0.294 e. The highest BCUT2D eigenvalue weighted by Crippen LogP contribution is 2.34. The molecule has 36 heavy (non-hydrogen) atoms. The number of carbonyl (C=O) groups is 3. The summed E-state index contributed by atoms with van der Waals surface area (Å²) in [5.41, 5.74) is 2.67. The number of nitrogens with zero attached hydrogens (tertiary/aromatic N) is 1. The Balaban J connectivity index is 1.46. The van der Waals surface area contributed by atoms with E-state index in [-0.39, 0.29) is 11.5 Å². The van der Waals surface area contributed by atoms with Crippen LogP contribution < -0.4 is 10.1 Å². The first-order chi connectivity index (χ1) is 17.2. The Hall–Kier alpha value is -2.97. The number of anilines is 1. The number of carbonyl (C=O) groups excluding carboxylic acids is 3. The van der Waals surface area contributed by atoms with Crippen LogP contribution in [0.25, 0.3) is 6.08 Å². The zero-order chi connectivity index (χ0) is 25.8. The van der Waals surface area contributed by atoms with E-state index in [2.05, 4.69) is 5.32 Å². The maximum atomic E-state index is 12.9. The number of benzene rings is 3. The van der Waals surface area contributed by atoms with E-state index in [0.717, 1.165) is 27.8 Å². The molecule has 1 aliphatic rings. The van der Waals surface area contributed by atoms with Crippen molar-refractivity contribution in [3.63, 3.8) is 0 Å². The summed E-state index contributed by atoms with van der Waals surface area (Å²) in [7, 11) is 0. The van der Waals surface area contributed by atoms with Gasteiger partial charge in [-0.15, -0.1) is 0 Å². The lowest BCUT2D eigenvalue weighted by atomic mass is 10.1. The number of rotatable bonds is 7. The predicted molar refractivity (Wildman–Crippen MR) is 145 cm³/mol. The minimum absolute atomic E-state index is 0.186. The number of nitrogens with one attached hydrogen (secondary N) is 1. The molecule has 1 heterocycles. The van der Waals surface area contributed by atoms with E-state index in [9.17, 15) is 14.4 Å². The van der Waals surface area contributed by atoms with E-state index in [1.54, 1.807) is 66.7 Å². The molecule has 3 aromatic carbocycles. The van der Waals surface area contributed by atoms with Crippen LogP contribution in [0.3, 0.4) is 0 Å². The van der Waals surface area contributed by atoms with Crippen molar-refractivity contribution >= 4 is 75.4 Å². The fraction of sp³-hybridized carbons (Fsp3) is 0.115. The smallest absolute Gasteiger partial charge is 0.294 e. The van der Waals surface area contributed by atoms with Crippen LogP contribution in [0.2, 0.25) is 15.1 Å². The topological polar surface area (TPSA) is 75.7 Å². The van der Waals surface area contributed by atoms with Gasteiger partial charge in [0.15, 0.2) is 0 Å². The van der Waals surface area contributed by atoms with Crippen molar-refractivity contribution in [2.45, 2.75) is 13.5 Å². The normalized spacial score (nSPS) is 14.4. The van der Waals surface area contributed by atoms with Gasteiger partial charge in [-0.1, -0.05) is 65.1 Å². The lowest BCUT2D eigenvalue weighted by Gasteiger charge is -2.14. The molecule has 0 spiro atoms. The van der Waals surface area contributed by atoms with E-state index in [0.29, 0.717) is 32.1 Å². The number of aryl methyl sites for hydroxylation is 1. The summed E-state index contributed by atoms with van der Waals surface area (Å²) in [6, 6.07) is 17.3. The molecule has 1 N–H and O–H groups in total. The summed E-state index contributed by atoms with van der Waals surface area (Å²) >= 11 is 18.9. The molecule has 184 valence electrons. The van der Waals surface area contributed by atoms with Crippen LogP contribution in [0.4, 0.5) is 10.5 Å². The van der Waals surface area contributed by atoms with Crippen LogP contribution in [-0.4, -0.2) is 28.5 Å². The van der Waals surface area contributed by atoms with Gasteiger partial charge in [0.1, 0.15) is 18.9 Å². The van der Waals surface area contributed by atoms with Crippen molar-refractivity contribution in [3.05, 3.63) is 97.3 Å². The van der Waals surface area contributed by atoms with Gasteiger partial charge in [0, 0.05) is 31.9 Å². The average molecular weight is 562 g/mol. The molecule has 0 saturated carbocycles. The minimum atomic E-state index is -0.557. The number of imide groups is 1. The summed E-state index contributed by atoms with van der Waals surface area (Å²) in [5, 5.41) is 3.63. The van der Waals surface area contributed by atoms with Crippen LogP contribution in [0.5, 0.6) is 5.75 Å². The van der Waals surface area contributed by atoms with Crippen molar-refractivity contribution in [2.24, 2.45) is 0 Å². The van der Waals surface area contributed by atoms with Crippen molar-refractivity contribution in [1.82, 2.24) is 4.90 Å². The summed E-state index contributed by atoms with van der Waals surface area (Å²) in [4.78, 5) is 39.1. The summed E-state index contributed by atoms with van der Waals surface area (Å²) in [6.07, 6.45) is 1.57. The monoisotopic (exact) mass is 560 g/mol. The Kier molecular flexibility index (Phi) is 8.26. The predicted octanol–water partition coefficient (Wildman–Crippen LogP) is 7.21. The van der Waals surface area contributed by atoms with Crippen LogP contribution >= 0.6 is 46.6 Å². The second-order valence-electron chi connectivity index (χ2n) is 7.84. The molecule has 0 unspecified atom stereocenters. The number of hydrogen-bond acceptors (Lipinski definition) is 5. The van der Waals surface area contributed by atoms with Crippen LogP contribution in [0.1, 0.15) is 16.7 Å². The van der Waals surface area contributed by atoms with Gasteiger partial charge in [-0.3, -0.25) is 19.3 Å². The number of ether oxygens (including phenoxy) is 1. The summed E-state index contributed by atoms with van der Waals surface area (Å²) in [6.45, 7) is 1.59. The third-order valence-corrected chi connectivity index (χ3v) is 6.98. The first-order valence-corrected chi connectivity index (χ1v) is 12.6. The zero-order valence-electron chi connectivity index (χ0n) is 18.9. The molecule has 0 bridgehead atoms. The maximum absolute atomic E-state index is 12.9. The quantitative estimate of drug-likeness (QED) is 0.309. The Labute approximate surface area is 227 Å². The lowest BCUT2D eigenvalue weighted by Crippen LogP contribution is -2.36. The molecule has 0 atom stereocenters. The minimum Gasteiger partial charge on any atom is -0.488 e. The number of amides is 3. The third kappa shape index (κ3) is 6.23. The molecule has 10 heteroatoms. The molecular weight excluding hydrogens is 543 g/mol. The SMILES string of the molecule is Cc1ccc(Cl)cc1NC(=O)CN1C(=O)S/C(=C/c2ccccc2OCc2ccc(Cl)cc2Cl)C1=O. The number of hydrogen-bond donors (Lipinski definition) is 1. The van der Waals surface area contributed by atoms with Crippen molar-refractivity contribution in [3.8, 4) is 5.75 Å². The molecule has 1 saturated heterocycles. The highest BCUT2D eigenvalue weighted by Gasteiger charge is 2.36. The van der Waals surface area contributed by atoms with E-state index in [1.165, 1.54) is 0 Å². The van der Waals surface area contributed by atoms with E-state index in [4.69, 9.17) is 39.5 Å². The van der Waals surface area contributed by atoms with Gasteiger partial charge in [-0.25, -0.2) is 0 Å². The standard InChI is InChI=1S/C26H19Cl3N2O4S/c1-15-6-8-19(28)12-21(15)30-24(32)13-31-25(33)23(36-26(31)34)10-16-4-2-3-5-22(16)35-14-17-7-9-18(27)11-20(17)29/h2-12H,13-14H2,1H3,(H,30,32)/b23-10+. The number of thioether (sulfide) groups is 1. The number of halogens is 3. The molecule has 3 aromatic rings. The Morgan fingerprint density at radius 2 is 1.75 bits per heavy atom. The van der Waals surface area contributed by atoms with E-state index in [1.807, 2.05) is 6.92 Å². The van der Waals surface area contributed by atoms with Gasteiger partial charge in [-0.05, 0) is 60.7 Å². The van der Waals surface area contributed by atoms with Gasteiger partial charge in [0.2, 0.25) is 5.91 Å². The van der Waals surface area contributed by atoms with Crippen molar-refractivity contribution < 1.29 is 19.1 Å². The molecule has 6 nitrogen and oxygen atoms in total. The van der Waals surface area contributed by atoms with E-state index >= 15 is 0 Å². The first-order valence-electron chi connectivity index (χ1n) is 10.7. The number of para-hydroxylation sites is 1. The van der Waals surface area contributed by atoms with Gasteiger partial charge in [0.25, 0.3) is 11.1 Å². The Morgan fingerprint density at radius 3 is 2.53 bits per heavy atom. The molecule has 4 rings (SSSR count). The Bertz CT molecular complexity index is 1390. The van der Waals surface area contributed by atoms with E-state index < -0.39 is 23.6 Å². The molecule has 3 amide bonds. The summed E-state index contributed by atoms with van der Waals surface area (Å²) in [5.74, 6) is -0.560. The molecule has 0 aromatic heterocycles. The highest BCUT2D eigenvalue weighted by atomic mass is 35.5. The third-order valence-electron chi connectivity index (χ3n) is 5.25. The van der Waals surface area contributed by atoms with Gasteiger partial charge < -0.3 is 10.1 Å². The molecule has 0 radical (unpaired) electrons. The van der Waals surface area contributed by atoms with Gasteiger partial charge in [0.05, 0.1) is 4.91 Å². The van der Waals surface area contributed by atoms with Gasteiger partial charge in [-0.2, -0.15) is 0 Å². The van der Waals surface area contributed by atoms with Crippen LogP contribution in [0, 0.1) is 6.92 Å². The van der Waals surface area contributed by atoms with Crippen LogP contribution in [-0.2, 0) is 16.2 Å². The Morgan fingerprint density at radius 1 is 1.03 bits per heavy atom. The lowest BCUT2D eigenvalue weighted by molar-refractivity contribution is -0.127. The highest BCUT2D eigenvalue weighted by molar-refractivity contribution is 8.18. The summed E-state index contributed by atoms with van der Waals surface area (Å²) < 4.78 is 5.93. The first kappa shape index (κ1) is 26.1. The van der Waals surface area contributed by atoms with Crippen molar-refractivity contribution in [1.29, 1.82) is 0 Å². The second kappa shape index (κ2) is 11.4. The molecule has 1 aliphatic heterocycles. The van der Waals surface area contributed by atoms with Crippen LogP contribution in [0.15, 0.2) is 65.6 Å². The average Bonchev–Trinajstić information content (AvgIpc) is 3.09. The van der Waals surface area contributed by atoms with Crippen molar-refractivity contribution in [2.75, 3.05) is 11.9 Å². The fourth-order valence-corrected chi connectivity index (χ4v) is 4.83. The zero-order valence-corrected chi connectivity index (χ0v) is 22.0. The molecule has 0 aliphatic carbocycles. The van der Waals surface area contributed by atoms with Gasteiger partial charge >= 0.3 is 0 Å². The second-order valence-corrected chi connectivity index (χ2v) is 10.1.